The highest BCUT2D eigenvalue weighted by Crippen LogP contribution is 2.19. The van der Waals surface area contributed by atoms with Crippen molar-refractivity contribution in [3.8, 4) is 0 Å². The molecule has 0 radical (unpaired) electrons. The highest BCUT2D eigenvalue weighted by Gasteiger charge is 2.06. The first-order valence-electron chi connectivity index (χ1n) is 5.46. The van der Waals surface area contributed by atoms with Crippen molar-refractivity contribution in [2.24, 2.45) is 0 Å². The number of aromatic nitrogens is 1. The van der Waals surface area contributed by atoms with Gasteiger partial charge in [-0.05, 0) is 25.1 Å². The monoisotopic (exact) mass is 283 g/mol. The van der Waals surface area contributed by atoms with E-state index in [2.05, 4.69) is 15.8 Å². The number of halogens is 2. The Balaban J connectivity index is 1.88. The van der Waals surface area contributed by atoms with Gasteiger partial charge < -0.3 is 15.2 Å². The SMILES string of the molecule is Cc1cc(NCC(=O)Nc2ccc(F)c(Cl)c2)no1. The minimum atomic E-state index is -0.532. The normalized spacial score (nSPS) is 10.3. The van der Waals surface area contributed by atoms with E-state index in [1.165, 1.54) is 18.2 Å². The Labute approximate surface area is 113 Å². The number of carbonyl (C=O) groups is 1. The number of carbonyl (C=O) groups excluding carboxylic acids is 1. The fourth-order valence-corrected chi connectivity index (χ4v) is 1.58. The average Bonchev–Trinajstić information content (AvgIpc) is 2.77. The van der Waals surface area contributed by atoms with Gasteiger partial charge in [-0.2, -0.15) is 0 Å². The zero-order valence-electron chi connectivity index (χ0n) is 10.0. The maximum Gasteiger partial charge on any atom is 0.243 e. The Morgan fingerprint density at radius 1 is 1.47 bits per heavy atom. The van der Waals surface area contributed by atoms with E-state index in [1.54, 1.807) is 13.0 Å². The average molecular weight is 284 g/mol. The number of amides is 1. The largest absolute Gasteiger partial charge is 0.360 e. The molecule has 1 aromatic carbocycles. The van der Waals surface area contributed by atoms with E-state index >= 15 is 0 Å². The van der Waals surface area contributed by atoms with Crippen molar-refractivity contribution < 1.29 is 13.7 Å². The topological polar surface area (TPSA) is 67.2 Å². The molecular formula is C12H11ClFN3O2. The molecule has 1 heterocycles. The highest BCUT2D eigenvalue weighted by molar-refractivity contribution is 6.31. The van der Waals surface area contributed by atoms with Crippen LogP contribution in [0.25, 0.3) is 0 Å². The van der Waals surface area contributed by atoms with Gasteiger partial charge in [0.2, 0.25) is 5.91 Å². The lowest BCUT2D eigenvalue weighted by atomic mass is 10.3. The minimum Gasteiger partial charge on any atom is -0.360 e. The Kier molecular flexibility index (Phi) is 4.01. The van der Waals surface area contributed by atoms with Crippen LogP contribution in [0.5, 0.6) is 0 Å². The summed E-state index contributed by atoms with van der Waals surface area (Å²) >= 11 is 5.61. The van der Waals surface area contributed by atoms with E-state index in [9.17, 15) is 9.18 Å². The molecule has 2 aromatic rings. The number of hydrogen-bond acceptors (Lipinski definition) is 4. The summed E-state index contributed by atoms with van der Waals surface area (Å²) < 4.78 is 17.8. The van der Waals surface area contributed by atoms with E-state index < -0.39 is 5.82 Å². The fraction of sp³-hybridized carbons (Fsp3) is 0.167. The van der Waals surface area contributed by atoms with Crippen LogP contribution in [0.4, 0.5) is 15.9 Å². The summed E-state index contributed by atoms with van der Waals surface area (Å²) in [5.74, 6) is 0.289. The summed E-state index contributed by atoms with van der Waals surface area (Å²) in [5.41, 5.74) is 0.425. The van der Waals surface area contributed by atoms with Crippen LogP contribution in [0.1, 0.15) is 5.76 Å². The third kappa shape index (κ3) is 3.69. The molecule has 5 nitrogen and oxygen atoms in total. The van der Waals surface area contributed by atoms with Gasteiger partial charge in [0.15, 0.2) is 5.82 Å². The van der Waals surface area contributed by atoms with Crippen LogP contribution in [-0.4, -0.2) is 17.6 Å². The molecule has 100 valence electrons. The number of nitrogens with one attached hydrogen (secondary N) is 2. The van der Waals surface area contributed by atoms with Crippen molar-refractivity contribution in [2.75, 3.05) is 17.2 Å². The maximum atomic E-state index is 12.9. The molecule has 0 unspecified atom stereocenters. The van der Waals surface area contributed by atoms with Gasteiger partial charge in [-0.25, -0.2) is 4.39 Å². The Morgan fingerprint density at radius 3 is 2.89 bits per heavy atom. The second kappa shape index (κ2) is 5.71. The maximum absolute atomic E-state index is 12.9. The summed E-state index contributed by atoms with van der Waals surface area (Å²) in [7, 11) is 0. The lowest BCUT2D eigenvalue weighted by molar-refractivity contribution is -0.114. The molecule has 19 heavy (non-hydrogen) atoms. The molecule has 0 fully saturated rings. The second-order valence-electron chi connectivity index (χ2n) is 3.85. The predicted molar refractivity (Wildman–Crippen MR) is 69.8 cm³/mol. The molecule has 0 aliphatic rings. The summed E-state index contributed by atoms with van der Waals surface area (Å²) in [5, 5.41) is 9.00. The van der Waals surface area contributed by atoms with Crippen LogP contribution in [0, 0.1) is 12.7 Å². The molecule has 2 N–H and O–H groups in total. The molecule has 1 aromatic heterocycles. The zero-order valence-corrected chi connectivity index (χ0v) is 10.8. The van der Waals surface area contributed by atoms with Gasteiger partial charge in [0.1, 0.15) is 11.6 Å². The lowest BCUT2D eigenvalue weighted by Gasteiger charge is -2.06. The molecule has 2 rings (SSSR count). The number of rotatable bonds is 4. The quantitative estimate of drug-likeness (QED) is 0.905. The standard InChI is InChI=1S/C12H11ClFN3O2/c1-7-4-11(17-19-7)15-6-12(18)16-8-2-3-10(14)9(13)5-8/h2-5H,6H2,1H3,(H,15,17)(H,16,18). The minimum absolute atomic E-state index is 0.0149. The Morgan fingerprint density at radius 2 is 2.26 bits per heavy atom. The first-order chi connectivity index (χ1) is 9.04. The molecule has 1 amide bonds. The van der Waals surface area contributed by atoms with Crippen LogP contribution in [0.15, 0.2) is 28.8 Å². The van der Waals surface area contributed by atoms with E-state index in [-0.39, 0.29) is 17.5 Å². The fourth-order valence-electron chi connectivity index (χ4n) is 1.40. The molecular weight excluding hydrogens is 273 g/mol. The zero-order chi connectivity index (χ0) is 13.8. The highest BCUT2D eigenvalue weighted by atomic mass is 35.5. The summed E-state index contributed by atoms with van der Waals surface area (Å²) in [4.78, 5) is 11.6. The third-order valence-corrected chi connectivity index (χ3v) is 2.55. The van der Waals surface area contributed by atoms with Crippen LogP contribution in [0.3, 0.4) is 0 Å². The summed E-state index contributed by atoms with van der Waals surface area (Å²) in [6.45, 7) is 1.76. The van der Waals surface area contributed by atoms with Crippen molar-refractivity contribution in [3.05, 3.63) is 40.9 Å². The number of aryl methyl sites for hydroxylation is 1. The number of hydrogen-bond donors (Lipinski definition) is 2. The van der Waals surface area contributed by atoms with Gasteiger partial charge in [-0.1, -0.05) is 16.8 Å². The van der Waals surface area contributed by atoms with Crippen LogP contribution >= 0.6 is 11.6 Å². The number of anilines is 2. The molecule has 0 bridgehead atoms. The van der Waals surface area contributed by atoms with Gasteiger partial charge in [0.25, 0.3) is 0 Å². The van der Waals surface area contributed by atoms with E-state index in [0.717, 1.165) is 0 Å². The van der Waals surface area contributed by atoms with Crippen molar-refractivity contribution in [3.63, 3.8) is 0 Å². The van der Waals surface area contributed by atoms with Gasteiger partial charge in [-0.3, -0.25) is 4.79 Å². The van der Waals surface area contributed by atoms with Gasteiger partial charge in [0.05, 0.1) is 11.6 Å². The lowest BCUT2D eigenvalue weighted by Crippen LogP contribution is -2.21. The van der Waals surface area contributed by atoms with E-state index in [1.807, 2.05) is 0 Å². The molecule has 0 saturated carbocycles. The van der Waals surface area contributed by atoms with Crippen molar-refractivity contribution in [1.82, 2.24) is 5.16 Å². The van der Waals surface area contributed by atoms with Crippen molar-refractivity contribution in [1.29, 1.82) is 0 Å². The number of benzene rings is 1. The second-order valence-corrected chi connectivity index (χ2v) is 4.26. The van der Waals surface area contributed by atoms with Gasteiger partial charge in [-0.15, -0.1) is 0 Å². The van der Waals surface area contributed by atoms with E-state index in [4.69, 9.17) is 16.1 Å². The Hall–Kier alpha value is -2.08. The molecule has 0 aliphatic carbocycles. The van der Waals surface area contributed by atoms with Crippen LogP contribution < -0.4 is 10.6 Å². The van der Waals surface area contributed by atoms with Crippen LogP contribution in [-0.2, 0) is 4.79 Å². The molecule has 0 atom stereocenters. The predicted octanol–water partition coefficient (Wildman–Crippen LogP) is 2.83. The third-order valence-electron chi connectivity index (χ3n) is 2.26. The first kappa shape index (κ1) is 13.4. The molecule has 0 spiro atoms. The molecule has 0 saturated heterocycles. The first-order valence-corrected chi connectivity index (χ1v) is 5.84. The summed E-state index contributed by atoms with van der Waals surface area (Å²) in [6.07, 6.45) is 0. The van der Waals surface area contributed by atoms with Crippen molar-refractivity contribution in [2.45, 2.75) is 6.92 Å². The smallest absolute Gasteiger partial charge is 0.243 e. The van der Waals surface area contributed by atoms with Crippen LogP contribution in [0.2, 0.25) is 5.02 Å². The number of nitrogens with zero attached hydrogens (tertiary/aromatic N) is 1. The van der Waals surface area contributed by atoms with E-state index in [0.29, 0.717) is 17.3 Å². The van der Waals surface area contributed by atoms with Gasteiger partial charge in [0, 0.05) is 11.8 Å². The summed E-state index contributed by atoms with van der Waals surface area (Å²) in [6, 6.07) is 5.63. The molecule has 7 heteroatoms. The molecule has 0 aliphatic heterocycles. The van der Waals surface area contributed by atoms with Gasteiger partial charge >= 0.3 is 0 Å². The van der Waals surface area contributed by atoms with Crippen molar-refractivity contribution >= 4 is 29.0 Å². The Bertz CT molecular complexity index is 600.